The number of hydrogen-bond acceptors (Lipinski definition) is 5. The molecule has 0 spiro atoms. The van der Waals surface area contributed by atoms with Crippen LogP contribution in [0.5, 0.6) is 17.2 Å². The summed E-state index contributed by atoms with van der Waals surface area (Å²) in [5, 5.41) is 36.6. The van der Waals surface area contributed by atoms with Crippen LogP contribution in [0.15, 0.2) is 152 Å². The van der Waals surface area contributed by atoms with E-state index in [2.05, 4.69) is 9.97 Å². The van der Waals surface area contributed by atoms with Crippen LogP contribution in [0.2, 0.25) is 0 Å². The van der Waals surface area contributed by atoms with Crippen molar-refractivity contribution < 1.29 is 15.3 Å². The molecule has 0 saturated carbocycles. The zero-order chi connectivity index (χ0) is 28.4. The van der Waals surface area contributed by atoms with E-state index < -0.39 is 0 Å². The van der Waals surface area contributed by atoms with E-state index in [-0.39, 0.29) is 34.6 Å². The van der Waals surface area contributed by atoms with Crippen LogP contribution in [-0.4, -0.2) is 27.3 Å². The molecule has 0 bridgehead atoms. The van der Waals surface area contributed by atoms with E-state index in [0.717, 1.165) is 33.0 Å². The van der Waals surface area contributed by atoms with Crippen LogP contribution in [0.25, 0.3) is 44.1 Å². The van der Waals surface area contributed by atoms with Gasteiger partial charge in [-0.15, -0.1) is 0 Å². The van der Waals surface area contributed by atoms with Crippen molar-refractivity contribution in [3.63, 3.8) is 0 Å². The van der Waals surface area contributed by atoms with E-state index >= 15 is 0 Å². The van der Waals surface area contributed by atoms with Gasteiger partial charge >= 0.3 is 17.4 Å². The minimum atomic E-state index is -0.0110. The maximum absolute atomic E-state index is 12.6. The number of benzene rings is 5. The van der Waals surface area contributed by atoms with Crippen LogP contribution in [0.3, 0.4) is 0 Å². The second-order valence-electron chi connectivity index (χ2n) is 9.08. The van der Waals surface area contributed by atoms with Crippen molar-refractivity contribution >= 4 is 39.2 Å². The summed E-state index contributed by atoms with van der Waals surface area (Å²) < 4.78 is 0. The third-order valence-electron chi connectivity index (χ3n) is 6.38. The first-order chi connectivity index (χ1) is 20.1. The maximum Gasteiger partial charge on any atom is 3.00 e. The zero-order valence-electron chi connectivity index (χ0n) is 22.6. The van der Waals surface area contributed by atoms with Crippen molar-refractivity contribution in [1.29, 1.82) is 0 Å². The average Bonchev–Trinajstić information content (AvgIpc) is 3.03. The normalized spacial score (nSPS) is 10.0. The van der Waals surface area contributed by atoms with Gasteiger partial charge in [0, 0.05) is 12.4 Å². The first-order valence-electron chi connectivity index (χ1n) is 13.0. The summed E-state index contributed by atoms with van der Waals surface area (Å²) in [4.78, 5) is 7.94. The Morgan fingerprint density at radius 2 is 0.762 bits per heavy atom. The number of pyridine rings is 2. The van der Waals surface area contributed by atoms with Crippen molar-refractivity contribution in [1.82, 2.24) is 9.97 Å². The molecule has 0 N–H and O–H groups in total. The first-order valence-corrected chi connectivity index (χ1v) is 13.0. The van der Waals surface area contributed by atoms with Crippen LogP contribution in [-0.2, 0) is 0 Å². The van der Waals surface area contributed by atoms with Gasteiger partial charge in [0.25, 0.3) is 0 Å². The van der Waals surface area contributed by atoms with Gasteiger partial charge < -0.3 is 15.3 Å². The second kappa shape index (κ2) is 14.5. The van der Waals surface area contributed by atoms with Gasteiger partial charge in [-0.05, 0) is 45.2 Å². The molecule has 2 heterocycles. The van der Waals surface area contributed by atoms with Crippen LogP contribution in [0, 0.1) is 0 Å². The minimum absolute atomic E-state index is 0. The van der Waals surface area contributed by atoms with Gasteiger partial charge in [0.15, 0.2) is 0 Å². The van der Waals surface area contributed by atoms with Gasteiger partial charge in [0.1, 0.15) is 0 Å². The summed E-state index contributed by atoms with van der Waals surface area (Å²) in [6, 6.07) is 42.9. The standard InChI is InChI=1S/C18H14O.2C9H7NO.Al/c19-18-16(14-8-3-1-4-9-14)12-7-13-17(18)15-10-5-2-6-11-15;2*11-8-5-1-3-7-4-2-6-10-9(7)8;/h1-13,19H;2*1-6,11H;/q;;;+3/p-3. The molecule has 0 atom stereocenters. The van der Waals surface area contributed by atoms with Crippen LogP contribution in [0.4, 0.5) is 0 Å². The molecule has 42 heavy (non-hydrogen) atoms. The molecule has 7 aromatic rings. The fourth-order valence-electron chi connectivity index (χ4n) is 4.38. The third kappa shape index (κ3) is 7.13. The number of fused-ring (bicyclic) bond motifs is 2. The van der Waals surface area contributed by atoms with Gasteiger partial charge in [-0.2, -0.15) is 0 Å². The Morgan fingerprint density at radius 1 is 0.381 bits per heavy atom. The zero-order valence-corrected chi connectivity index (χ0v) is 23.8. The van der Waals surface area contributed by atoms with E-state index in [0.29, 0.717) is 11.0 Å². The monoisotopic (exact) mass is 560 g/mol. The number of nitrogens with zero attached hydrogens (tertiary/aromatic N) is 2. The second-order valence-corrected chi connectivity index (χ2v) is 9.08. The van der Waals surface area contributed by atoms with E-state index in [9.17, 15) is 15.3 Å². The largest absolute Gasteiger partial charge is 3.00 e. The van der Waals surface area contributed by atoms with Gasteiger partial charge in [-0.25, -0.2) is 0 Å². The predicted octanol–water partition coefficient (Wildman–Crippen LogP) is 6.33. The molecule has 200 valence electrons. The molecule has 0 aliphatic rings. The fraction of sp³-hybridized carbons (Fsp3) is 0. The summed E-state index contributed by atoms with van der Waals surface area (Å²) >= 11 is 0. The number of hydrogen-bond donors (Lipinski definition) is 0. The Hall–Kier alpha value is -5.15. The molecule has 2 aromatic heterocycles. The summed E-state index contributed by atoms with van der Waals surface area (Å²) in [6.07, 6.45) is 3.26. The summed E-state index contributed by atoms with van der Waals surface area (Å²) in [7, 11) is 0. The SMILES string of the molecule is [Al+3].[O-]c1c(-c2ccccc2)cccc1-c1ccccc1.[O-]c1cccc2cccnc12.[O-]c1cccc2cccnc12. The Kier molecular flexibility index (Phi) is 10.3. The van der Waals surface area contributed by atoms with Crippen molar-refractivity contribution in [2.45, 2.75) is 0 Å². The summed E-state index contributed by atoms with van der Waals surface area (Å²) in [5.41, 5.74) is 4.53. The Bertz CT molecular complexity index is 1740. The molecule has 0 aliphatic carbocycles. The molecule has 0 unspecified atom stereocenters. The molecule has 5 nitrogen and oxygen atoms in total. The number of rotatable bonds is 2. The van der Waals surface area contributed by atoms with Crippen LogP contribution < -0.4 is 15.3 Å². The van der Waals surface area contributed by atoms with Crippen LogP contribution in [0.1, 0.15) is 0 Å². The molecular formula is C36H25AlN2O3. The molecule has 7 rings (SSSR count). The van der Waals surface area contributed by atoms with E-state index in [1.165, 1.54) is 12.1 Å². The molecule has 0 fully saturated rings. The molecule has 0 amide bonds. The van der Waals surface area contributed by atoms with Crippen molar-refractivity contribution in [3.05, 3.63) is 152 Å². The van der Waals surface area contributed by atoms with E-state index in [4.69, 9.17) is 0 Å². The fourth-order valence-corrected chi connectivity index (χ4v) is 4.38. The Balaban J connectivity index is 0.000000152. The molecule has 0 aliphatic heterocycles. The quantitative estimate of drug-likeness (QED) is 0.230. The van der Waals surface area contributed by atoms with E-state index in [1.54, 1.807) is 24.5 Å². The third-order valence-corrected chi connectivity index (χ3v) is 6.38. The van der Waals surface area contributed by atoms with Gasteiger partial charge in [-0.1, -0.05) is 145 Å². The molecule has 5 aromatic carbocycles. The number of para-hydroxylation sites is 3. The minimum Gasteiger partial charge on any atom is -0.872 e. The first kappa shape index (κ1) is 29.8. The molecule has 0 saturated heterocycles. The van der Waals surface area contributed by atoms with Gasteiger partial charge in [0.2, 0.25) is 0 Å². The Labute approximate surface area is 255 Å². The molecule has 6 heteroatoms. The van der Waals surface area contributed by atoms with Crippen molar-refractivity contribution in [2.75, 3.05) is 0 Å². The van der Waals surface area contributed by atoms with Gasteiger partial charge in [0.05, 0.1) is 11.0 Å². The van der Waals surface area contributed by atoms with Gasteiger partial charge in [-0.3, -0.25) is 9.97 Å². The average molecular weight is 561 g/mol. The Morgan fingerprint density at radius 3 is 1.17 bits per heavy atom. The molecular weight excluding hydrogens is 535 g/mol. The van der Waals surface area contributed by atoms with E-state index in [1.807, 2.05) is 115 Å². The topological polar surface area (TPSA) is 95.0 Å². The van der Waals surface area contributed by atoms with Crippen molar-refractivity contribution in [3.8, 4) is 39.5 Å². The summed E-state index contributed by atoms with van der Waals surface area (Å²) in [5.74, 6) is 0.0612. The summed E-state index contributed by atoms with van der Waals surface area (Å²) in [6.45, 7) is 0. The smallest absolute Gasteiger partial charge is 0.872 e. The van der Waals surface area contributed by atoms with Crippen molar-refractivity contribution in [2.24, 2.45) is 0 Å². The molecule has 0 radical (unpaired) electrons. The number of aromatic nitrogens is 2. The predicted molar refractivity (Wildman–Crippen MR) is 165 cm³/mol. The van der Waals surface area contributed by atoms with Crippen LogP contribution >= 0.6 is 0 Å². The maximum atomic E-state index is 12.6.